The summed E-state index contributed by atoms with van der Waals surface area (Å²) >= 11 is 0. The Bertz CT molecular complexity index is 357. The maximum absolute atomic E-state index is 12.4. The minimum absolute atomic E-state index is 0.213. The predicted octanol–water partition coefficient (Wildman–Crippen LogP) is 1.37. The average molecular weight is 256 g/mol. The summed E-state index contributed by atoms with van der Waals surface area (Å²) in [4.78, 5) is 3.76. The van der Waals surface area contributed by atoms with Crippen LogP contribution in [0.5, 0.6) is 0 Å². The molecule has 4 nitrogen and oxygen atoms in total. The van der Waals surface area contributed by atoms with Crippen LogP contribution < -0.4 is 0 Å². The van der Waals surface area contributed by atoms with Crippen molar-refractivity contribution in [1.29, 1.82) is 0 Å². The first-order valence-electron chi connectivity index (χ1n) is 4.73. The van der Waals surface area contributed by atoms with Gasteiger partial charge in [0, 0.05) is 19.4 Å². The normalized spacial score (nSPS) is 14.3. The number of aliphatic hydroxyl groups excluding tert-OH is 1. The second-order valence-electron chi connectivity index (χ2n) is 3.49. The van der Waals surface area contributed by atoms with Crippen LogP contribution in [0, 0.1) is 0 Å². The second kappa shape index (κ2) is 5.46. The number of halogens is 4. The van der Waals surface area contributed by atoms with Gasteiger partial charge in [0.05, 0.1) is 6.61 Å². The fourth-order valence-electron chi connectivity index (χ4n) is 1.14. The van der Waals surface area contributed by atoms with Crippen LogP contribution in [0.2, 0.25) is 0 Å². The lowest BCUT2D eigenvalue weighted by molar-refractivity contribution is -0.171. The topological polar surface area (TPSA) is 47.3 Å². The van der Waals surface area contributed by atoms with E-state index in [1.54, 1.807) is 13.2 Å². The number of imidazole rings is 1. The zero-order valence-corrected chi connectivity index (χ0v) is 8.99. The molecule has 0 aliphatic heterocycles. The Morgan fingerprint density at radius 1 is 1.53 bits per heavy atom. The SMILES string of the molecule is Cn1ccnc1C(O)COCC(F)(F)C(F)F. The Kier molecular flexibility index (Phi) is 4.47. The van der Waals surface area contributed by atoms with Crippen molar-refractivity contribution in [3.05, 3.63) is 18.2 Å². The number of aromatic nitrogens is 2. The Labute approximate surface area is 94.8 Å². The maximum Gasteiger partial charge on any atom is 0.330 e. The van der Waals surface area contributed by atoms with Gasteiger partial charge in [-0.05, 0) is 0 Å². The lowest BCUT2D eigenvalue weighted by Gasteiger charge is -2.16. The molecule has 0 amide bonds. The van der Waals surface area contributed by atoms with Crippen LogP contribution in [0.3, 0.4) is 0 Å². The predicted molar refractivity (Wildman–Crippen MR) is 49.9 cm³/mol. The number of aryl methyl sites for hydroxylation is 1. The molecule has 1 atom stereocenters. The number of hydrogen-bond acceptors (Lipinski definition) is 3. The number of rotatable bonds is 6. The molecule has 1 heterocycles. The van der Waals surface area contributed by atoms with Gasteiger partial charge in [0.25, 0.3) is 0 Å². The molecule has 1 aromatic heterocycles. The molecule has 0 spiro atoms. The number of ether oxygens (including phenoxy) is 1. The van der Waals surface area contributed by atoms with Crippen molar-refractivity contribution < 1.29 is 27.4 Å². The van der Waals surface area contributed by atoms with Gasteiger partial charge < -0.3 is 14.4 Å². The quantitative estimate of drug-likeness (QED) is 0.782. The van der Waals surface area contributed by atoms with Gasteiger partial charge in [-0.3, -0.25) is 0 Å². The molecular formula is C9H12F4N2O2. The smallest absolute Gasteiger partial charge is 0.330 e. The second-order valence-corrected chi connectivity index (χ2v) is 3.49. The van der Waals surface area contributed by atoms with E-state index in [2.05, 4.69) is 9.72 Å². The van der Waals surface area contributed by atoms with Gasteiger partial charge in [0.15, 0.2) is 0 Å². The largest absolute Gasteiger partial charge is 0.383 e. The maximum atomic E-state index is 12.4. The molecule has 1 aromatic rings. The van der Waals surface area contributed by atoms with E-state index in [1.165, 1.54) is 10.8 Å². The molecule has 8 heteroatoms. The molecule has 0 radical (unpaired) electrons. The third-order valence-corrected chi connectivity index (χ3v) is 2.05. The highest BCUT2D eigenvalue weighted by Crippen LogP contribution is 2.23. The van der Waals surface area contributed by atoms with Crippen molar-refractivity contribution in [2.24, 2.45) is 7.05 Å². The van der Waals surface area contributed by atoms with Gasteiger partial charge in [-0.1, -0.05) is 0 Å². The van der Waals surface area contributed by atoms with Crippen LogP contribution in [0.4, 0.5) is 17.6 Å². The molecule has 1 N–H and O–H groups in total. The monoisotopic (exact) mass is 256 g/mol. The van der Waals surface area contributed by atoms with Gasteiger partial charge >= 0.3 is 12.3 Å². The van der Waals surface area contributed by atoms with Crippen molar-refractivity contribution in [3.63, 3.8) is 0 Å². The molecule has 1 rings (SSSR count). The van der Waals surface area contributed by atoms with Crippen LogP contribution in [0.25, 0.3) is 0 Å². The van der Waals surface area contributed by atoms with E-state index in [1.807, 2.05) is 0 Å². The first-order chi connectivity index (χ1) is 7.84. The third kappa shape index (κ3) is 3.67. The van der Waals surface area contributed by atoms with Gasteiger partial charge in [0.1, 0.15) is 18.5 Å². The Morgan fingerprint density at radius 2 is 2.18 bits per heavy atom. The van der Waals surface area contributed by atoms with E-state index in [9.17, 15) is 22.7 Å². The highest BCUT2D eigenvalue weighted by Gasteiger charge is 2.41. The fraction of sp³-hybridized carbons (Fsp3) is 0.667. The first-order valence-corrected chi connectivity index (χ1v) is 4.73. The minimum Gasteiger partial charge on any atom is -0.383 e. The number of aliphatic hydroxyl groups is 1. The Balaban J connectivity index is 2.40. The Hall–Kier alpha value is -1.15. The summed E-state index contributed by atoms with van der Waals surface area (Å²) in [5.74, 6) is -3.99. The molecule has 1 unspecified atom stereocenters. The van der Waals surface area contributed by atoms with Crippen molar-refractivity contribution in [2.75, 3.05) is 13.2 Å². The number of hydrogen-bond donors (Lipinski definition) is 1. The van der Waals surface area contributed by atoms with E-state index in [0.717, 1.165) is 0 Å². The summed E-state index contributed by atoms with van der Waals surface area (Å²) in [6.45, 7) is -1.96. The first kappa shape index (κ1) is 13.9. The summed E-state index contributed by atoms with van der Waals surface area (Å²) in [5, 5.41) is 9.48. The van der Waals surface area contributed by atoms with Crippen LogP contribution in [0.1, 0.15) is 11.9 Å². The van der Waals surface area contributed by atoms with Gasteiger partial charge in [0.2, 0.25) is 0 Å². The lowest BCUT2D eigenvalue weighted by Crippen LogP contribution is -2.33. The fourth-order valence-corrected chi connectivity index (χ4v) is 1.14. The van der Waals surface area contributed by atoms with Crippen molar-refractivity contribution in [1.82, 2.24) is 9.55 Å². The average Bonchev–Trinajstić information content (AvgIpc) is 2.63. The Morgan fingerprint density at radius 3 is 2.65 bits per heavy atom. The van der Waals surface area contributed by atoms with Gasteiger partial charge in [-0.15, -0.1) is 0 Å². The van der Waals surface area contributed by atoms with Crippen molar-refractivity contribution in [2.45, 2.75) is 18.5 Å². The highest BCUT2D eigenvalue weighted by atomic mass is 19.3. The zero-order chi connectivity index (χ0) is 13.1. The molecule has 98 valence electrons. The van der Waals surface area contributed by atoms with Gasteiger partial charge in [-0.2, -0.15) is 8.78 Å². The van der Waals surface area contributed by atoms with E-state index in [0.29, 0.717) is 0 Å². The van der Waals surface area contributed by atoms with Crippen molar-refractivity contribution in [3.8, 4) is 0 Å². The summed E-state index contributed by atoms with van der Waals surface area (Å²) in [6, 6.07) is 0. The van der Waals surface area contributed by atoms with Crippen LogP contribution >= 0.6 is 0 Å². The standard InChI is InChI=1S/C9H12F4N2O2/c1-15-3-2-14-7(15)6(16)4-17-5-9(12,13)8(10)11/h2-3,6,8,16H,4-5H2,1H3. The molecular weight excluding hydrogens is 244 g/mol. The molecule has 0 bridgehead atoms. The van der Waals surface area contributed by atoms with Crippen molar-refractivity contribution >= 4 is 0 Å². The van der Waals surface area contributed by atoms with E-state index in [-0.39, 0.29) is 5.82 Å². The summed E-state index contributed by atoms with van der Waals surface area (Å²) in [5.41, 5.74) is 0. The van der Waals surface area contributed by atoms with Crippen LogP contribution in [-0.4, -0.2) is 40.2 Å². The molecule has 0 aliphatic carbocycles. The van der Waals surface area contributed by atoms with Crippen LogP contribution in [-0.2, 0) is 11.8 Å². The summed E-state index contributed by atoms with van der Waals surface area (Å²) < 4.78 is 54.3. The molecule has 0 aromatic carbocycles. The van der Waals surface area contributed by atoms with Crippen LogP contribution in [0.15, 0.2) is 12.4 Å². The number of alkyl halides is 4. The molecule has 17 heavy (non-hydrogen) atoms. The zero-order valence-electron chi connectivity index (χ0n) is 8.99. The molecule has 0 saturated heterocycles. The summed E-state index contributed by atoms with van der Waals surface area (Å²) in [7, 11) is 1.60. The molecule has 0 saturated carbocycles. The van der Waals surface area contributed by atoms with E-state index < -0.39 is 31.7 Å². The lowest BCUT2D eigenvalue weighted by atomic mass is 10.3. The third-order valence-electron chi connectivity index (χ3n) is 2.05. The molecule has 0 aliphatic rings. The highest BCUT2D eigenvalue weighted by molar-refractivity contribution is 4.95. The molecule has 0 fully saturated rings. The van der Waals surface area contributed by atoms with E-state index in [4.69, 9.17) is 0 Å². The van der Waals surface area contributed by atoms with E-state index >= 15 is 0 Å². The number of nitrogens with zero attached hydrogens (tertiary/aromatic N) is 2. The van der Waals surface area contributed by atoms with Gasteiger partial charge in [-0.25, -0.2) is 13.8 Å². The minimum atomic E-state index is -4.21. The summed E-state index contributed by atoms with van der Waals surface area (Å²) in [6.07, 6.45) is -2.06.